The van der Waals surface area contributed by atoms with Crippen LogP contribution in [0.2, 0.25) is 0 Å². The summed E-state index contributed by atoms with van der Waals surface area (Å²) in [6, 6.07) is 2.53. The van der Waals surface area contributed by atoms with E-state index in [0.717, 1.165) is 44.0 Å². The van der Waals surface area contributed by atoms with Crippen LogP contribution >= 0.6 is 0 Å². The van der Waals surface area contributed by atoms with Gasteiger partial charge in [0.2, 0.25) is 10.0 Å². The second-order valence-electron chi connectivity index (χ2n) is 4.65. The van der Waals surface area contributed by atoms with Gasteiger partial charge in [-0.3, -0.25) is 4.72 Å². The molecule has 1 aliphatic rings. The fraction of sp³-hybridized carbons (Fsp3) is 0.500. The molecule has 106 valence electrons. The van der Waals surface area contributed by atoms with Crippen molar-refractivity contribution in [2.24, 2.45) is 0 Å². The molecule has 4 nitrogen and oxygen atoms in total. The molecule has 0 aliphatic carbocycles. The van der Waals surface area contributed by atoms with E-state index in [1.54, 1.807) is 0 Å². The van der Waals surface area contributed by atoms with Crippen molar-refractivity contribution in [1.29, 1.82) is 0 Å². The molecule has 1 atom stereocenters. The average molecular weight is 290 g/mol. The summed E-state index contributed by atoms with van der Waals surface area (Å²) >= 11 is 0. The summed E-state index contributed by atoms with van der Waals surface area (Å²) in [5.74, 6) is -1.61. The lowest BCUT2D eigenvalue weighted by Gasteiger charge is -2.23. The van der Waals surface area contributed by atoms with E-state index in [1.165, 1.54) is 0 Å². The van der Waals surface area contributed by atoms with Gasteiger partial charge in [-0.15, -0.1) is 0 Å². The van der Waals surface area contributed by atoms with Crippen LogP contribution in [0.15, 0.2) is 18.2 Å². The molecule has 1 fully saturated rings. The molecule has 0 bridgehead atoms. The Morgan fingerprint density at radius 1 is 1.32 bits per heavy atom. The number of halogens is 2. The summed E-state index contributed by atoms with van der Waals surface area (Å²) in [6.07, 6.45) is 2.77. The second-order valence-corrected chi connectivity index (χ2v) is 6.42. The minimum absolute atomic E-state index is 0.136. The molecular weight excluding hydrogens is 274 g/mol. The number of sulfonamides is 1. The van der Waals surface area contributed by atoms with Crippen LogP contribution < -0.4 is 10.0 Å². The van der Waals surface area contributed by atoms with Crippen molar-refractivity contribution in [3.63, 3.8) is 0 Å². The van der Waals surface area contributed by atoms with Gasteiger partial charge in [-0.25, -0.2) is 17.2 Å². The number of rotatable bonds is 4. The van der Waals surface area contributed by atoms with Crippen LogP contribution in [0.25, 0.3) is 0 Å². The van der Waals surface area contributed by atoms with E-state index in [1.807, 2.05) is 0 Å². The van der Waals surface area contributed by atoms with E-state index in [-0.39, 0.29) is 17.5 Å². The number of nitrogens with one attached hydrogen (secondary N) is 2. The van der Waals surface area contributed by atoms with Gasteiger partial charge in [-0.05, 0) is 31.5 Å². The molecule has 2 rings (SSSR count). The first-order valence-corrected chi connectivity index (χ1v) is 7.80. The van der Waals surface area contributed by atoms with Gasteiger partial charge in [0.15, 0.2) is 0 Å². The molecule has 19 heavy (non-hydrogen) atoms. The molecule has 0 amide bonds. The van der Waals surface area contributed by atoms with Crippen LogP contribution in [0.4, 0.5) is 14.5 Å². The summed E-state index contributed by atoms with van der Waals surface area (Å²) in [5.41, 5.74) is -0.351. The zero-order valence-electron chi connectivity index (χ0n) is 10.3. The van der Waals surface area contributed by atoms with Gasteiger partial charge in [0, 0.05) is 12.1 Å². The third-order valence-electron chi connectivity index (χ3n) is 3.03. The molecule has 1 saturated heterocycles. The predicted octanol–water partition coefficient (Wildman–Crippen LogP) is 1.85. The standard InChI is InChI=1S/C12H16F2N2O2S/c13-9-4-5-11(14)12(7-9)16-19(17,18)8-10-3-1-2-6-15-10/h4-5,7,10,15-16H,1-3,6,8H2. The van der Waals surface area contributed by atoms with Gasteiger partial charge in [0.25, 0.3) is 0 Å². The van der Waals surface area contributed by atoms with E-state index in [0.29, 0.717) is 0 Å². The topological polar surface area (TPSA) is 58.2 Å². The summed E-state index contributed by atoms with van der Waals surface area (Å²) in [5, 5.41) is 3.10. The normalized spacial score (nSPS) is 20.2. The summed E-state index contributed by atoms with van der Waals surface area (Å²) in [6.45, 7) is 0.786. The highest BCUT2D eigenvalue weighted by molar-refractivity contribution is 7.92. The highest BCUT2D eigenvalue weighted by atomic mass is 32.2. The molecule has 2 N–H and O–H groups in total. The molecular formula is C12H16F2N2O2S. The van der Waals surface area contributed by atoms with Gasteiger partial charge in [0.1, 0.15) is 11.6 Å². The summed E-state index contributed by atoms with van der Waals surface area (Å²) in [4.78, 5) is 0. The lowest BCUT2D eigenvalue weighted by atomic mass is 10.1. The van der Waals surface area contributed by atoms with Crippen molar-refractivity contribution in [1.82, 2.24) is 5.32 Å². The van der Waals surface area contributed by atoms with E-state index >= 15 is 0 Å². The van der Waals surface area contributed by atoms with Crippen LogP contribution in [-0.4, -0.2) is 26.8 Å². The van der Waals surface area contributed by atoms with Crippen LogP contribution in [0.3, 0.4) is 0 Å². The zero-order chi connectivity index (χ0) is 13.9. The molecule has 0 aromatic heterocycles. The Bertz CT molecular complexity index is 543. The molecule has 1 aromatic rings. The van der Waals surface area contributed by atoms with Crippen molar-refractivity contribution in [3.8, 4) is 0 Å². The minimum Gasteiger partial charge on any atom is -0.313 e. The van der Waals surface area contributed by atoms with E-state index in [2.05, 4.69) is 10.0 Å². The maximum absolute atomic E-state index is 13.4. The number of anilines is 1. The fourth-order valence-electron chi connectivity index (χ4n) is 2.12. The maximum atomic E-state index is 13.4. The van der Waals surface area contributed by atoms with Crippen molar-refractivity contribution in [2.75, 3.05) is 17.0 Å². The number of hydrogen-bond acceptors (Lipinski definition) is 3. The van der Waals surface area contributed by atoms with Gasteiger partial charge < -0.3 is 5.32 Å². The van der Waals surface area contributed by atoms with Crippen molar-refractivity contribution in [2.45, 2.75) is 25.3 Å². The molecule has 1 unspecified atom stereocenters. The summed E-state index contributed by atoms with van der Waals surface area (Å²) < 4.78 is 52.2. The first-order chi connectivity index (χ1) is 8.96. The Balaban J connectivity index is 2.05. The van der Waals surface area contributed by atoms with Gasteiger partial charge in [-0.2, -0.15) is 0 Å². The van der Waals surface area contributed by atoms with Gasteiger partial charge in [-0.1, -0.05) is 6.42 Å². The van der Waals surface area contributed by atoms with Crippen molar-refractivity contribution < 1.29 is 17.2 Å². The smallest absolute Gasteiger partial charge is 0.234 e. The minimum atomic E-state index is -3.69. The van der Waals surface area contributed by atoms with Crippen molar-refractivity contribution >= 4 is 15.7 Å². The largest absolute Gasteiger partial charge is 0.313 e. The fourth-order valence-corrected chi connectivity index (χ4v) is 3.51. The number of hydrogen-bond donors (Lipinski definition) is 2. The highest BCUT2D eigenvalue weighted by Crippen LogP contribution is 2.18. The van der Waals surface area contributed by atoms with Gasteiger partial charge in [0.05, 0.1) is 11.4 Å². The number of piperidine rings is 1. The Kier molecular flexibility index (Phi) is 4.36. The van der Waals surface area contributed by atoms with E-state index in [4.69, 9.17) is 0 Å². The lowest BCUT2D eigenvalue weighted by Crippen LogP contribution is -2.40. The Hall–Kier alpha value is -1.21. The third-order valence-corrected chi connectivity index (χ3v) is 4.40. The lowest BCUT2D eigenvalue weighted by molar-refractivity contribution is 0.424. The van der Waals surface area contributed by atoms with Crippen LogP contribution in [0, 0.1) is 11.6 Å². The predicted molar refractivity (Wildman–Crippen MR) is 69.4 cm³/mol. The van der Waals surface area contributed by atoms with Crippen LogP contribution in [0.5, 0.6) is 0 Å². The Morgan fingerprint density at radius 3 is 2.79 bits per heavy atom. The monoisotopic (exact) mass is 290 g/mol. The Labute approximate surface area is 111 Å². The van der Waals surface area contributed by atoms with Crippen molar-refractivity contribution in [3.05, 3.63) is 29.8 Å². The molecule has 7 heteroatoms. The third kappa shape index (κ3) is 4.14. The summed E-state index contributed by atoms with van der Waals surface area (Å²) in [7, 11) is -3.69. The first kappa shape index (κ1) is 14.2. The zero-order valence-corrected chi connectivity index (χ0v) is 11.1. The molecule has 0 saturated carbocycles. The average Bonchev–Trinajstić information content (AvgIpc) is 2.34. The molecule has 1 aromatic carbocycles. The van der Waals surface area contributed by atoms with Crippen LogP contribution in [0.1, 0.15) is 19.3 Å². The number of benzene rings is 1. The molecule has 0 radical (unpaired) electrons. The molecule has 1 heterocycles. The molecule has 0 spiro atoms. The quantitative estimate of drug-likeness (QED) is 0.889. The van der Waals surface area contributed by atoms with E-state index in [9.17, 15) is 17.2 Å². The first-order valence-electron chi connectivity index (χ1n) is 6.15. The maximum Gasteiger partial charge on any atom is 0.234 e. The van der Waals surface area contributed by atoms with E-state index < -0.39 is 21.7 Å². The highest BCUT2D eigenvalue weighted by Gasteiger charge is 2.21. The SMILES string of the molecule is O=S(=O)(CC1CCCCN1)Nc1cc(F)ccc1F. The Morgan fingerprint density at radius 2 is 2.11 bits per heavy atom. The second kappa shape index (κ2) is 5.83. The molecule has 1 aliphatic heterocycles. The van der Waals surface area contributed by atoms with Gasteiger partial charge >= 0.3 is 0 Å². The van der Waals surface area contributed by atoms with Crippen LogP contribution in [-0.2, 0) is 10.0 Å².